The van der Waals surface area contributed by atoms with Gasteiger partial charge in [-0.15, -0.1) is 0 Å². The number of unbranched alkanes of at least 4 members (excludes halogenated alkanes) is 18. The summed E-state index contributed by atoms with van der Waals surface area (Å²) in [7, 11) is 0. The largest absolute Gasteiger partial charge is 1.00 e. The van der Waals surface area contributed by atoms with E-state index in [-0.39, 0.29) is 25.5 Å². The Bertz CT molecular complexity index is 400. The summed E-state index contributed by atoms with van der Waals surface area (Å²) in [6.07, 6.45) is 23.2. The third kappa shape index (κ3) is 24.3. The van der Waals surface area contributed by atoms with E-state index in [1.165, 1.54) is 89.9 Å². The van der Waals surface area contributed by atoms with E-state index in [1.807, 2.05) is 0 Å². The molecule has 0 unspecified atom stereocenters. The number of quaternary nitrogens is 1. The monoisotopic (exact) mass is 423 g/mol. The highest BCUT2D eigenvalue weighted by molar-refractivity contribution is 4.50. The second-order valence-corrected chi connectivity index (χ2v) is 8.78. The Morgan fingerprint density at radius 2 is 0.679 bits per heavy atom. The molecule has 0 saturated heterocycles. The van der Waals surface area contributed by atoms with Crippen molar-refractivity contribution in [2.45, 2.75) is 142 Å². The zero-order valence-electron chi connectivity index (χ0n) is 25.4. The molecule has 1 nitrogen and oxygen atoms in total. The fourth-order valence-corrected chi connectivity index (χ4v) is 3.85. The van der Waals surface area contributed by atoms with Crippen LogP contribution in [0.15, 0.2) is 0 Å². The van der Waals surface area contributed by atoms with Crippen LogP contribution in [0, 0.1) is 0 Å². The lowest BCUT2D eigenvalue weighted by molar-refractivity contribution is -0.890. The first-order valence-corrected chi connectivity index (χ1v) is 12.5. The highest BCUT2D eigenvalue weighted by Crippen LogP contribution is 2.14. The summed E-state index contributed by atoms with van der Waals surface area (Å²) >= 11 is 0. The molecule has 2 heteroatoms. The van der Waals surface area contributed by atoms with Gasteiger partial charge in [-0.1, -0.05) is 117 Å². The molecule has 28 heavy (non-hydrogen) atoms. The van der Waals surface area contributed by atoms with Crippen LogP contribution in [0.25, 0.3) is 0 Å². The van der Waals surface area contributed by atoms with Gasteiger partial charge in [0.15, 0.2) is 0 Å². The number of hydrogen-bond donors (Lipinski definition) is 0. The lowest BCUT2D eigenvalue weighted by Crippen LogP contribution is -3.00. The number of halogens is 1. The van der Waals surface area contributed by atoms with Crippen molar-refractivity contribution in [3.8, 4) is 0 Å². The van der Waals surface area contributed by atoms with Crippen molar-refractivity contribution < 1.29 is 25.1 Å². The van der Waals surface area contributed by atoms with Gasteiger partial charge in [-0.2, -0.15) is 0 Å². The minimum Gasteiger partial charge on any atom is -1.00 e. The van der Waals surface area contributed by atoms with Gasteiger partial charge in [0.25, 0.3) is 0 Å². The Morgan fingerprint density at radius 3 is 0.929 bits per heavy atom. The molecule has 0 amide bonds. The molecule has 0 radical (unpaired) electrons. The molecule has 0 atom stereocenters. The van der Waals surface area contributed by atoms with Crippen molar-refractivity contribution in [3.05, 3.63) is 0 Å². The average Bonchev–Trinajstić information content (AvgIpc) is 2.73. The first-order chi connectivity index (χ1) is 15.6. The molecule has 0 fully saturated rings. The minimum absolute atomic E-state index is 0. The second kappa shape index (κ2) is 23.5. The maximum atomic E-state index is 8.09. The van der Waals surface area contributed by atoms with Gasteiger partial charge in [0.1, 0.15) is 0 Å². The van der Waals surface area contributed by atoms with E-state index >= 15 is 0 Å². The summed E-state index contributed by atoms with van der Waals surface area (Å²) in [6, 6.07) is 0. The quantitative estimate of drug-likeness (QED) is 0.150. The van der Waals surface area contributed by atoms with E-state index in [1.54, 1.807) is 0 Å². The molecule has 0 rings (SSSR count). The van der Waals surface area contributed by atoms with Crippen LogP contribution in [-0.4, -0.2) is 31.5 Å². The van der Waals surface area contributed by atoms with Crippen LogP contribution in [0.1, 0.15) is 150 Å². The molecule has 0 spiro atoms. The van der Waals surface area contributed by atoms with Crippen LogP contribution >= 0.6 is 0 Å². The topological polar surface area (TPSA) is 0 Å². The van der Waals surface area contributed by atoms with Gasteiger partial charge in [0, 0.05) is 0 Å². The van der Waals surface area contributed by atoms with E-state index in [0.29, 0.717) is 12.8 Å². The zero-order chi connectivity index (χ0) is 25.1. The van der Waals surface area contributed by atoms with Crippen molar-refractivity contribution in [1.29, 1.82) is 0 Å². The SMILES string of the molecule is [2H]C([2H])([2H])[N+](CCCCCCCCCCCC)(CCCCCCCCCCCC)C([2H])([2H])[2H].[Cl-]. The van der Waals surface area contributed by atoms with Gasteiger partial charge in [-0.3, -0.25) is 0 Å². The van der Waals surface area contributed by atoms with E-state index < -0.39 is 18.4 Å². The molecule has 0 aliphatic rings. The molecule has 0 aliphatic heterocycles. The van der Waals surface area contributed by atoms with Crippen molar-refractivity contribution in [2.24, 2.45) is 0 Å². The predicted molar refractivity (Wildman–Crippen MR) is 126 cm³/mol. The molecular weight excluding hydrogens is 362 g/mol. The van der Waals surface area contributed by atoms with Gasteiger partial charge in [0.2, 0.25) is 0 Å². The number of hydrogen-bond acceptors (Lipinski definition) is 0. The van der Waals surface area contributed by atoms with Crippen LogP contribution in [0.3, 0.4) is 0 Å². The minimum atomic E-state index is -2.50. The maximum Gasteiger partial charge on any atom is 0.0886 e. The van der Waals surface area contributed by atoms with Gasteiger partial charge >= 0.3 is 0 Å². The molecule has 0 saturated carbocycles. The zero-order valence-corrected chi connectivity index (χ0v) is 20.1. The molecule has 0 bridgehead atoms. The first kappa shape index (κ1) is 20.2. The summed E-state index contributed by atoms with van der Waals surface area (Å²) in [6.45, 7) is -0.0590. The van der Waals surface area contributed by atoms with E-state index in [2.05, 4.69) is 13.8 Å². The highest BCUT2D eigenvalue weighted by Gasteiger charge is 2.13. The first-order valence-electron chi connectivity index (χ1n) is 15.5. The van der Waals surface area contributed by atoms with Crippen molar-refractivity contribution in [1.82, 2.24) is 0 Å². The highest BCUT2D eigenvalue weighted by atomic mass is 35.5. The smallest absolute Gasteiger partial charge is 0.0886 e. The maximum absolute atomic E-state index is 8.09. The fourth-order valence-electron chi connectivity index (χ4n) is 3.85. The molecule has 0 aromatic heterocycles. The Kier molecular flexibility index (Phi) is 16.9. The van der Waals surface area contributed by atoms with Gasteiger partial charge in [-0.25, -0.2) is 0 Å². The molecule has 0 aromatic carbocycles. The lowest BCUT2D eigenvalue weighted by Gasteiger charge is -2.30. The van der Waals surface area contributed by atoms with Crippen molar-refractivity contribution in [2.75, 3.05) is 27.0 Å². The number of rotatable bonds is 22. The molecular formula is C26H56ClN. The lowest BCUT2D eigenvalue weighted by atomic mass is 10.1. The Labute approximate surface area is 194 Å². The second-order valence-electron chi connectivity index (χ2n) is 8.78. The van der Waals surface area contributed by atoms with Crippen LogP contribution in [-0.2, 0) is 0 Å². The summed E-state index contributed by atoms with van der Waals surface area (Å²) in [5, 5.41) is 0. The predicted octanol–water partition coefficient (Wildman–Crippen LogP) is 5.91. The summed E-state index contributed by atoms with van der Waals surface area (Å²) in [5.74, 6) is 0. The summed E-state index contributed by atoms with van der Waals surface area (Å²) in [4.78, 5) is 0. The third-order valence-electron chi connectivity index (χ3n) is 5.79. The van der Waals surface area contributed by atoms with Crippen LogP contribution in [0.2, 0.25) is 0 Å². The molecule has 0 aromatic rings. The van der Waals surface area contributed by atoms with E-state index in [9.17, 15) is 0 Å². The Balaban J connectivity index is 0. The Morgan fingerprint density at radius 1 is 0.429 bits per heavy atom. The van der Waals surface area contributed by atoms with Gasteiger partial charge in [0.05, 0.1) is 35.3 Å². The van der Waals surface area contributed by atoms with Crippen LogP contribution < -0.4 is 12.4 Å². The normalized spacial score (nSPS) is 15.6. The summed E-state index contributed by atoms with van der Waals surface area (Å²) in [5.41, 5.74) is 0. The van der Waals surface area contributed by atoms with Crippen molar-refractivity contribution in [3.63, 3.8) is 0 Å². The standard InChI is InChI=1S/C26H56N.ClH/c1-5-7-9-11-13-15-17-19-21-23-25-27(3,4)26-24-22-20-18-16-14-12-10-8-6-2;/h5-26H2,1-4H3;1H/q+1;/p-1/i3D3,4D3;. The molecule has 0 aliphatic carbocycles. The van der Waals surface area contributed by atoms with E-state index in [0.717, 1.165) is 25.7 Å². The number of nitrogens with zero attached hydrogens (tertiary/aromatic N) is 1. The van der Waals surface area contributed by atoms with Crippen LogP contribution in [0.4, 0.5) is 0 Å². The van der Waals surface area contributed by atoms with Crippen molar-refractivity contribution >= 4 is 0 Å². The summed E-state index contributed by atoms with van der Waals surface area (Å²) < 4.78 is 47.8. The molecule has 0 heterocycles. The van der Waals surface area contributed by atoms with E-state index in [4.69, 9.17) is 8.22 Å². The van der Waals surface area contributed by atoms with Gasteiger partial charge < -0.3 is 16.9 Å². The van der Waals surface area contributed by atoms with Crippen LogP contribution in [0.5, 0.6) is 0 Å². The molecule has 0 N–H and O–H groups in total. The van der Waals surface area contributed by atoms with Gasteiger partial charge in [-0.05, 0) is 25.7 Å². The fraction of sp³-hybridized carbons (Fsp3) is 1.00. The Hall–Kier alpha value is 0.250. The average molecular weight is 424 g/mol. The molecule has 172 valence electrons. The third-order valence-corrected chi connectivity index (χ3v) is 5.79.